The van der Waals surface area contributed by atoms with Gasteiger partial charge in [0.25, 0.3) is 5.56 Å². The zero-order chi connectivity index (χ0) is 23.8. The third kappa shape index (κ3) is 4.66. The van der Waals surface area contributed by atoms with Gasteiger partial charge in [0.2, 0.25) is 15.9 Å². The van der Waals surface area contributed by atoms with E-state index in [2.05, 4.69) is 9.97 Å². The number of rotatable bonds is 6. The zero-order valence-corrected chi connectivity index (χ0v) is 20.4. The smallest absolute Gasteiger partial charge is 0.259 e. The summed E-state index contributed by atoms with van der Waals surface area (Å²) < 4.78 is 32.2. The molecule has 33 heavy (non-hydrogen) atoms. The summed E-state index contributed by atoms with van der Waals surface area (Å²) in [5.74, 6) is 0.990. The highest BCUT2D eigenvalue weighted by Gasteiger charge is 2.30. The van der Waals surface area contributed by atoms with Crippen molar-refractivity contribution >= 4 is 37.5 Å². The van der Waals surface area contributed by atoms with Gasteiger partial charge in [-0.1, -0.05) is 0 Å². The molecule has 0 aliphatic carbocycles. The van der Waals surface area contributed by atoms with Crippen molar-refractivity contribution in [2.75, 3.05) is 33.3 Å². The van der Waals surface area contributed by atoms with Gasteiger partial charge in [-0.25, -0.2) is 13.4 Å². The van der Waals surface area contributed by atoms with Crippen molar-refractivity contribution in [1.29, 1.82) is 0 Å². The van der Waals surface area contributed by atoms with Crippen LogP contribution in [0.4, 0.5) is 0 Å². The number of nitrogens with zero attached hydrogens (tertiary/aromatic N) is 3. The van der Waals surface area contributed by atoms with E-state index in [1.54, 1.807) is 17.0 Å². The second kappa shape index (κ2) is 9.24. The molecule has 2 aromatic heterocycles. The van der Waals surface area contributed by atoms with E-state index in [0.717, 1.165) is 10.4 Å². The van der Waals surface area contributed by atoms with Crippen LogP contribution in [0.2, 0.25) is 0 Å². The van der Waals surface area contributed by atoms with Gasteiger partial charge in [-0.3, -0.25) is 9.59 Å². The fourth-order valence-corrected chi connectivity index (χ4v) is 6.35. The van der Waals surface area contributed by atoms with E-state index in [1.807, 2.05) is 13.8 Å². The van der Waals surface area contributed by atoms with Gasteiger partial charge in [-0.2, -0.15) is 4.31 Å². The van der Waals surface area contributed by atoms with Crippen LogP contribution >= 0.6 is 11.3 Å². The third-order valence-electron chi connectivity index (χ3n) is 5.95. The SMILES string of the molecule is COc1ccc(S(=O)(=O)N2CCN(C(=O)CCc3nc4sc(C)c(C)c4c(=O)[nH]3)CC2)cc1. The quantitative estimate of drug-likeness (QED) is 0.566. The Bertz CT molecular complexity index is 1340. The van der Waals surface area contributed by atoms with Crippen molar-refractivity contribution in [3.63, 3.8) is 0 Å². The summed E-state index contributed by atoms with van der Waals surface area (Å²) in [6.07, 6.45) is 0.521. The summed E-state index contributed by atoms with van der Waals surface area (Å²) in [6.45, 7) is 4.96. The van der Waals surface area contributed by atoms with Crippen molar-refractivity contribution < 1.29 is 17.9 Å². The fourth-order valence-electron chi connectivity index (χ4n) is 3.88. The maximum Gasteiger partial charge on any atom is 0.259 e. The third-order valence-corrected chi connectivity index (χ3v) is 8.97. The van der Waals surface area contributed by atoms with E-state index in [0.29, 0.717) is 41.3 Å². The Morgan fingerprint density at radius 1 is 1.15 bits per heavy atom. The van der Waals surface area contributed by atoms with Crippen LogP contribution in [0, 0.1) is 13.8 Å². The number of nitrogens with one attached hydrogen (secondary N) is 1. The molecule has 0 bridgehead atoms. The van der Waals surface area contributed by atoms with Gasteiger partial charge in [0, 0.05) is 43.9 Å². The van der Waals surface area contributed by atoms with Crippen molar-refractivity contribution in [2.45, 2.75) is 31.6 Å². The highest BCUT2D eigenvalue weighted by atomic mass is 32.2. The normalized spacial score (nSPS) is 15.2. The number of aryl methyl sites for hydroxylation is 3. The van der Waals surface area contributed by atoms with Crippen LogP contribution in [0.1, 0.15) is 22.7 Å². The van der Waals surface area contributed by atoms with E-state index in [-0.39, 0.29) is 35.9 Å². The summed E-state index contributed by atoms with van der Waals surface area (Å²) in [4.78, 5) is 36.0. The molecule has 9 nitrogen and oxygen atoms in total. The number of amides is 1. The summed E-state index contributed by atoms with van der Waals surface area (Å²) in [5.41, 5.74) is 0.760. The van der Waals surface area contributed by atoms with E-state index in [4.69, 9.17) is 4.74 Å². The molecule has 1 aliphatic heterocycles. The first kappa shape index (κ1) is 23.4. The highest BCUT2D eigenvalue weighted by molar-refractivity contribution is 7.89. The summed E-state index contributed by atoms with van der Waals surface area (Å²) in [7, 11) is -2.10. The number of hydrogen-bond donors (Lipinski definition) is 1. The number of carbonyl (C=O) groups is 1. The first-order chi connectivity index (χ1) is 15.7. The molecule has 176 valence electrons. The second-order valence-corrected chi connectivity index (χ2v) is 11.1. The number of benzene rings is 1. The fraction of sp³-hybridized carbons (Fsp3) is 0.409. The van der Waals surface area contributed by atoms with Gasteiger partial charge in [-0.15, -0.1) is 11.3 Å². The number of methoxy groups -OCH3 is 1. The molecule has 1 N–H and O–H groups in total. The van der Waals surface area contributed by atoms with Crippen LogP contribution in [0.25, 0.3) is 10.2 Å². The Balaban J connectivity index is 1.36. The van der Waals surface area contributed by atoms with Crippen LogP contribution in [-0.4, -0.2) is 66.8 Å². The molecule has 1 amide bonds. The van der Waals surface area contributed by atoms with E-state index >= 15 is 0 Å². The number of hydrogen-bond acceptors (Lipinski definition) is 7. The molecule has 1 aliphatic rings. The molecular formula is C22H26N4O5S2. The van der Waals surface area contributed by atoms with Gasteiger partial charge in [0.05, 0.1) is 17.4 Å². The van der Waals surface area contributed by atoms with Crippen LogP contribution in [0.15, 0.2) is 34.0 Å². The van der Waals surface area contributed by atoms with Crippen molar-refractivity contribution in [1.82, 2.24) is 19.2 Å². The van der Waals surface area contributed by atoms with Gasteiger partial charge < -0.3 is 14.6 Å². The number of piperazine rings is 1. The van der Waals surface area contributed by atoms with Crippen LogP contribution in [-0.2, 0) is 21.2 Å². The summed E-state index contributed by atoms with van der Waals surface area (Å²) in [6, 6.07) is 6.27. The lowest BCUT2D eigenvalue weighted by Gasteiger charge is -2.34. The predicted octanol–water partition coefficient (Wildman–Crippen LogP) is 2.08. The number of aromatic nitrogens is 2. The maximum atomic E-state index is 12.9. The topological polar surface area (TPSA) is 113 Å². The number of aromatic amines is 1. The van der Waals surface area contributed by atoms with Crippen LogP contribution in [0.5, 0.6) is 5.75 Å². The van der Waals surface area contributed by atoms with E-state index in [1.165, 1.54) is 34.9 Å². The largest absolute Gasteiger partial charge is 0.497 e. The van der Waals surface area contributed by atoms with Crippen LogP contribution < -0.4 is 10.3 Å². The molecule has 3 aromatic rings. The molecule has 4 rings (SSSR count). The molecule has 0 unspecified atom stereocenters. The Morgan fingerprint density at radius 2 is 1.82 bits per heavy atom. The Hall–Kier alpha value is -2.76. The van der Waals surface area contributed by atoms with Gasteiger partial charge in [0.1, 0.15) is 16.4 Å². The Kier molecular flexibility index (Phi) is 6.55. The molecule has 0 spiro atoms. The number of H-pyrrole nitrogens is 1. The molecule has 0 atom stereocenters. The summed E-state index contributed by atoms with van der Waals surface area (Å²) >= 11 is 1.48. The zero-order valence-electron chi connectivity index (χ0n) is 18.8. The molecule has 0 saturated carbocycles. The number of sulfonamides is 1. The lowest BCUT2D eigenvalue weighted by Crippen LogP contribution is -2.50. The minimum Gasteiger partial charge on any atom is -0.497 e. The van der Waals surface area contributed by atoms with Crippen LogP contribution in [0.3, 0.4) is 0 Å². The predicted molar refractivity (Wildman–Crippen MR) is 126 cm³/mol. The minimum atomic E-state index is -3.63. The van der Waals surface area contributed by atoms with Gasteiger partial charge >= 0.3 is 0 Å². The van der Waals surface area contributed by atoms with Crippen molar-refractivity contribution in [3.8, 4) is 5.75 Å². The molecular weight excluding hydrogens is 464 g/mol. The minimum absolute atomic E-state index is 0.0854. The Labute approximate surface area is 196 Å². The Morgan fingerprint density at radius 3 is 2.45 bits per heavy atom. The molecule has 1 fully saturated rings. The highest BCUT2D eigenvalue weighted by Crippen LogP contribution is 2.26. The van der Waals surface area contributed by atoms with Gasteiger partial charge in [0.15, 0.2) is 0 Å². The molecule has 1 aromatic carbocycles. The monoisotopic (exact) mass is 490 g/mol. The summed E-state index contributed by atoms with van der Waals surface area (Å²) in [5, 5.41) is 0.613. The maximum absolute atomic E-state index is 12.9. The number of fused-ring (bicyclic) bond motifs is 1. The lowest BCUT2D eigenvalue weighted by molar-refractivity contribution is -0.132. The average Bonchev–Trinajstić information content (AvgIpc) is 3.11. The molecule has 0 radical (unpaired) electrons. The van der Waals surface area contributed by atoms with Crippen molar-refractivity contribution in [3.05, 3.63) is 50.9 Å². The number of thiophene rings is 1. The molecule has 11 heteroatoms. The van der Waals surface area contributed by atoms with E-state index in [9.17, 15) is 18.0 Å². The standard InChI is InChI=1S/C22H26N4O5S2/c1-14-15(2)32-22-20(14)21(28)23-18(24-22)8-9-19(27)25-10-12-26(13-11-25)33(29,30)17-6-4-16(31-3)5-7-17/h4-7H,8-13H2,1-3H3,(H,23,24,28). The second-order valence-electron chi connectivity index (χ2n) is 7.94. The van der Waals surface area contributed by atoms with E-state index < -0.39 is 10.0 Å². The molecule has 1 saturated heterocycles. The number of carbonyl (C=O) groups excluding carboxylic acids is 1. The van der Waals surface area contributed by atoms with Crippen molar-refractivity contribution in [2.24, 2.45) is 0 Å². The average molecular weight is 491 g/mol. The number of ether oxygens (including phenoxy) is 1. The first-order valence-corrected chi connectivity index (χ1v) is 12.9. The van der Waals surface area contributed by atoms with Gasteiger partial charge in [-0.05, 0) is 43.7 Å². The first-order valence-electron chi connectivity index (χ1n) is 10.6. The molecule has 3 heterocycles. The lowest BCUT2D eigenvalue weighted by atomic mass is 10.2.